The largest absolute Gasteiger partial charge is 0.342 e. The summed E-state index contributed by atoms with van der Waals surface area (Å²) in [6.45, 7) is 5.47. The van der Waals surface area contributed by atoms with Crippen molar-refractivity contribution in [3.63, 3.8) is 0 Å². The van der Waals surface area contributed by atoms with Crippen molar-refractivity contribution in [2.75, 3.05) is 26.2 Å². The standard InChI is InChI=1S/C16H22F2N2O/c1-2-19-11-12-5-7-20(8-6-12)16(21)9-13-3-4-14(17)10-15(13)18/h3-4,10,12,19H,2,5-9,11H2,1H3. The fourth-order valence-corrected chi connectivity index (χ4v) is 2.67. The van der Waals surface area contributed by atoms with E-state index in [1.54, 1.807) is 4.90 Å². The van der Waals surface area contributed by atoms with Crippen molar-refractivity contribution in [2.45, 2.75) is 26.2 Å². The Bertz CT molecular complexity index is 485. The normalized spacial score (nSPS) is 16.2. The molecule has 1 aromatic rings. The number of benzene rings is 1. The van der Waals surface area contributed by atoms with Crippen LogP contribution in [0.2, 0.25) is 0 Å². The van der Waals surface area contributed by atoms with Crippen LogP contribution in [0.25, 0.3) is 0 Å². The maximum absolute atomic E-state index is 13.6. The van der Waals surface area contributed by atoms with Gasteiger partial charge in [0.1, 0.15) is 11.6 Å². The zero-order chi connectivity index (χ0) is 15.2. The lowest BCUT2D eigenvalue weighted by Crippen LogP contribution is -2.41. The molecule has 5 heteroatoms. The van der Waals surface area contributed by atoms with Crippen molar-refractivity contribution in [3.05, 3.63) is 35.4 Å². The first-order valence-electron chi connectivity index (χ1n) is 7.52. The Hall–Kier alpha value is -1.49. The number of likely N-dealkylation sites (tertiary alicyclic amines) is 1. The maximum Gasteiger partial charge on any atom is 0.227 e. The Balaban J connectivity index is 1.84. The molecule has 0 aromatic heterocycles. The fourth-order valence-electron chi connectivity index (χ4n) is 2.67. The summed E-state index contributed by atoms with van der Waals surface area (Å²) in [5.41, 5.74) is 0.260. The van der Waals surface area contributed by atoms with Crippen LogP contribution in [0.4, 0.5) is 8.78 Å². The van der Waals surface area contributed by atoms with E-state index in [2.05, 4.69) is 12.2 Å². The Kier molecular flexibility index (Phi) is 5.67. The molecule has 2 rings (SSSR count). The third-order valence-corrected chi connectivity index (χ3v) is 4.01. The lowest BCUT2D eigenvalue weighted by atomic mass is 9.96. The zero-order valence-corrected chi connectivity index (χ0v) is 12.4. The summed E-state index contributed by atoms with van der Waals surface area (Å²) in [5, 5.41) is 3.33. The van der Waals surface area contributed by atoms with Crippen molar-refractivity contribution in [3.8, 4) is 0 Å². The number of piperidine rings is 1. The van der Waals surface area contributed by atoms with Gasteiger partial charge in [-0.1, -0.05) is 13.0 Å². The van der Waals surface area contributed by atoms with E-state index in [0.717, 1.165) is 45.1 Å². The van der Waals surface area contributed by atoms with E-state index in [4.69, 9.17) is 0 Å². The molecule has 0 spiro atoms. The second kappa shape index (κ2) is 7.50. The molecule has 1 N–H and O–H groups in total. The van der Waals surface area contributed by atoms with Crippen LogP contribution in [0.1, 0.15) is 25.3 Å². The molecule has 0 atom stereocenters. The summed E-state index contributed by atoms with van der Waals surface area (Å²) in [7, 11) is 0. The molecule has 1 saturated heterocycles. The van der Waals surface area contributed by atoms with Gasteiger partial charge in [0, 0.05) is 19.2 Å². The molecule has 21 heavy (non-hydrogen) atoms. The van der Waals surface area contributed by atoms with Gasteiger partial charge in [0.15, 0.2) is 0 Å². The SMILES string of the molecule is CCNCC1CCN(C(=O)Cc2ccc(F)cc2F)CC1. The number of carbonyl (C=O) groups is 1. The first kappa shape index (κ1) is 15.9. The van der Waals surface area contributed by atoms with Gasteiger partial charge >= 0.3 is 0 Å². The highest BCUT2D eigenvalue weighted by atomic mass is 19.1. The van der Waals surface area contributed by atoms with Crippen molar-refractivity contribution in [1.29, 1.82) is 0 Å². The van der Waals surface area contributed by atoms with Gasteiger partial charge in [-0.15, -0.1) is 0 Å². The number of rotatable bonds is 5. The van der Waals surface area contributed by atoms with Crippen molar-refractivity contribution < 1.29 is 13.6 Å². The van der Waals surface area contributed by atoms with Crippen molar-refractivity contribution >= 4 is 5.91 Å². The Labute approximate surface area is 124 Å². The number of nitrogens with one attached hydrogen (secondary N) is 1. The van der Waals surface area contributed by atoms with Gasteiger partial charge in [0.05, 0.1) is 6.42 Å². The fraction of sp³-hybridized carbons (Fsp3) is 0.562. The monoisotopic (exact) mass is 296 g/mol. The smallest absolute Gasteiger partial charge is 0.227 e. The van der Waals surface area contributed by atoms with Gasteiger partial charge in [-0.3, -0.25) is 4.79 Å². The molecule has 116 valence electrons. The van der Waals surface area contributed by atoms with Gasteiger partial charge in [-0.25, -0.2) is 8.78 Å². The highest BCUT2D eigenvalue weighted by molar-refractivity contribution is 5.78. The number of halogens is 2. The minimum Gasteiger partial charge on any atom is -0.342 e. The van der Waals surface area contributed by atoms with Crippen molar-refractivity contribution in [2.24, 2.45) is 5.92 Å². The molecule has 1 fully saturated rings. The molecule has 1 aliphatic rings. The summed E-state index contributed by atoms with van der Waals surface area (Å²) in [5.74, 6) is -0.739. The van der Waals surface area contributed by atoms with Crippen LogP contribution < -0.4 is 5.32 Å². The second-order valence-electron chi connectivity index (χ2n) is 5.54. The highest BCUT2D eigenvalue weighted by Crippen LogP contribution is 2.18. The van der Waals surface area contributed by atoms with Gasteiger partial charge in [0.25, 0.3) is 0 Å². The Morgan fingerprint density at radius 3 is 2.67 bits per heavy atom. The Morgan fingerprint density at radius 2 is 2.05 bits per heavy atom. The molecule has 3 nitrogen and oxygen atoms in total. The van der Waals surface area contributed by atoms with Gasteiger partial charge in [-0.05, 0) is 43.5 Å². The third kappa shape index (κ3) is 4.49. The molecule has 0 unspecified atom stereocenters. The number of nitrogens with zero attached hydrogens (tertiary/aromatic N) is 1. The molecule has 1 amide bonds. The number of hydrogen-bond acceptors (Lipinski definition) is 2. The molecule has 0 bridgehead atoms. The van der Waals surface area contributed by atoms with E-state index in [1.807, 2.05) is 0 Å². The number of amides is 1. The van der Waals surface area contributed by atoms with Crippen LogP contribution >= 0.6 is 0 Å². The van der Waals surface area contributed by atoms with E-state index in [9.17, 15) is 13.6 Å². The lowest BCUT2D eigenvalue weighted by molar-refractivity contribution is -0.131. The maximum atomic E-state index is 13.6. The van der Waals surface area contributed by atoms with Gasteiger partial charge < -0.3 is 10.2 Å². The zero-order valence-electron chi connectivity index (χ0n) is 12.4. The average molecular weight is 296 g/mol. The summed E-state index contributed by atoms with van der Waals surface area (Å²) >= 11 is 0. The minimum absolute atomic E-state index is 0.00396. The predicted octanol–water partition coefficient (Wildman–Crippen LogP) is 2.36. The van der Waals surface area contributed by atoms with E-state index < -0.39 is 11.6 Å². The molecule has 1 aliphatic heterocycles. The second-order valence-corrected chi connectivity index (χ2v) is 5.54. The summed E-state index contributed by atoms with van der Waals surface area (Å²) in [4.78, 5) is 14.0. The van der Waals surface area contributed by atoms with Crippen LogP contribution in [0, 0.1) is 17.6 Å². The molecule has 1 aromatic carbocycles. The van der Waals surface area contributed by atoms with E-state index in [-0.39, 0.29) is 17.9 Å². The quantitative estimate of drug-likeness (QED) is 0.904. The van der Waals surface area contributed by atoms with Crippen LogP contribution in [-0.2, 0) is 11.2 Å². The van der Waals surface area contributed by atoms with E-state index in [0.29, 0.717) is 5.92 Å². The topological polar surface area (TPSA) is 32.3 Å². The Morgan fingerprint density at radius 1 is 1.33 bits per heavy atom. The first-order valence-corrected chi connectivity index (χ1v) is 7.52. The third-order valence-electron chi connectivity index (χ3n) is 4.01. The minimum atomic E-state index is -0.648. The molecule has 0 radical (unpaired) electrons. The summed E-state index contributed by atoms with van der Waals surface area (Å²) < 4.78 is 26.4. The predicted molar refractivity (Wildman–Crippen MR) is 77.9 cm³/mol. The van der Waals surface area contributed by atoms with Crippen LogP contribution in [0.5, 0.6) is 0 Å². The molecule has 0 saturated carbocycles. The van der Waals surface area contributed by atoms with Gasteiger partial charge in [0.2, 0.25) is 5.91 Å². The van der Waals surface area contributed by atoms with Crippen LogP contribution in [-0.4, -0.2) is 37.0 Å². The molecule has 0 aliphatic carbocycles. The van der Waals surface area contributed by atoms with Crippen LogP contribution in [0.3, 0.4) is 0 Å². The van der Waals surface area contributed by atoms with E-state index >= 15 is 0 Å². The summed E-state index contributed by atoms with van der Waals surface area (Å²) in [6, 6.07) is 3.36. The first-order chi connectivity index (χ1) is 10.1. The molecular formula is C16H22F2N2O. The molecular weight excluding hydrogens is 274 g/mol. The lowest BCUT2D eigenvalue weighted by Gasteiger charge is -2.32. The average Bonchev–Trinajstić information content (AvgIpc) is 2.48. The molecule has 1 heterocycles. The number of hydrogen-bond donors (Lipinski definition) is 1. The van der Waals surface area contributed by atoms with Crippen molar-refractivity contribution in [1.82, 2.24) is 10.2 Å². The van der Waals surface area contributed by atoms with Crippen LogP contribution in [0.15, 0.2) is 18.2 Å². The van der Waals surface area contributed by atoms with Gasteiger partial charge in [-0.2, -0.15) is 0 Å². The number of carbonyl (C=O) groups excluding carboxylic acids is 1. The summed E-state index contributed by atoms with van der Waals surface area (Å²) in [6.07, 6.45) is 1.96. The van der Waals surface area contributed by atoms with E-state index in [1.165, 1.54) is 12.1 Å². The highest BCUT2D eigenvalue weighted by Gasteiger charge is 2.23.